The van der Waals surface area contributed by atoms with E-state index in [1.807, 2.05) is 13.1 Å². The topological polar surface area (TPSA) is 67.2 Å². The highest BCUT2D eigenvalue weighted by molar-refractivity contribution is 9.10. The van der Waals surface area contributed by atoms with Crippen molar-refractivity contribution >= 4 is 32.7 Å². The van der Waals surface area contributed by atoms with Gasteiger partial charge in [0, 0.05) is 37.1 Å². The van der Waals surface area contributed by atoms with Gasteiger partial charge >= 0.3 is 0 Å². The Hall–Kier alpha value is -1.73. The summed E-state index contributed by atoms with van der Waals surface area (Å²) >= 11 is 3.37. The molecule has 1 aromatic heterocycles. The molecule has 1 amide bonds. The minimum Gasteiger partial charge on any atom is -0.341 e. The Morgan fingerprint density at radius 1 is 1.52 bits per heavy atom. The third-order valence-corrected chi connectivity index (χ3v) is 4.82. The molecule has 0 radical (unpaired) electrons. The standard InChI is InChI=1S/C16H19BrN4O2/c1-20(12-4-6-18-9-12)15(22)5-7-21-10-19-14-3-2-11(17)8-13(14)16(21)23/h2-3,8,10,12,18H,4-7,9H2,1H3. The van der Waals surface area contributed by atoms with Gasteiger partial charge in [-0.3, -0.25) is 14.2 Å². The van der Waals surface area contributed by atoms with Crippen molar-refractivity contribution < 1.29 is 4.79 Å². The van der Waals surface area contributed by atoms with Gasteiger partial charge in [-0.15, -0.1) is 0 Å². The van der Waals surface area contributed by atoms with E-state index in [4.69, 9.17) is 0 Å². The van der Waals surface area contributed by atoms with Crippen molar-refractivity contribution in [2.75, 3.05) is 20.1 Å². The summed E-state index contributed by atoms with van der Waals surface area (Å²) in [6.07, 6.45) is 2.80. The van der Waals surface area contributed by atoms with Gasteiger partial charge in [0.1, 0.15) is 0 Å². The van der Waals surface area contributed by atoms with Crippen molar-refractivity contribution in [2.45, 2.75) is 25.4 Å². The molecule has 6 nitrogen and oxygen atoms in total. The summed E-state index contributed by atoms with van der Waals surface area (Å²) in [6.45, 7) is 2.14. The molecule has 122 valence electrons. The molecule has 1 saturated heterocycles. The highest BCUT2D eigenvalue weighted by Gasteiger charge is 2.22. The lowest BCUT2D eigenvalue weighted by Crippen LogP contribution is -2.39. The average Bonchev–Trinajstić information content (AvgIpc) is 3.08. The van der Waals surface area contributed by atoms with Gasteiger partial charge in [-0.1, -0.05) is 15.9 Å². The molecule has 2 heterocycles. The maximum Gasteiger partial charge on any atom is 0.261 e. The zero-order chi connectivity index (χ0) is 16.4. The highest BCUT2D eigenvalue weighted by Crippen LogP contribution is 2.15. The van der Waals surface area contributed by atoms with Gasteiger partial charge in [0.25, 0.3) is 5.56 Å². The summed E-state index contributed by atoms with van der Waals surface area (Å²) in [7, 11) is 1.83. The van der Waals surface area contributed by atoms with Gasteiger partial charge in [0.15, 0.2) is 0 Å². The van der Waals surface area contributed by atoms with Crippen LogP contribution in [-0.2, 0) is 11.3 Å². The smallest absolute Gasteiger partial charge is 0.261 e. The monoisotopic (exact) mass is 378 g/mol. The van der Waals surface area contributed by atoms with Gasteiger partial charge < -0.3 is 10.2 Å². The highest BCUT2D eigenvalue weighted by atomic mass is 79.9. The Labute approximate surface area is 142 Å². The van der Waals surface area contributed by atoms with Crippen LogP contribution in [0.2, 0.25) is 0 Å². The third kappa shape index (κ3) is 3.45. The van der Waals surface area contributed by atoms with Crippen LogP contribution in [0.15, 0.2) is 33.8 Å². The number of fused-ring (bicyclic) bond motifs is 1. The molecule has 3 rings (SSSR count). The summed E-state index contributed by atoms with van der Waals surface area (Å²) in [5.74, 6) is 0.0555. The quantitative estimate of drug-likeness (QED) is 0.872. The number of rotatable bonds is 4. The van der Waals surface area contributed by atoms with Crippen LogP contribution in [-0.4, -0.2) is 46.5 Å². The van der Waals surface area contributed by atoms with Gasteiger partial charge in [-0.2, -0.15) is 0 Å². The Bertz CT molecular complexity index is 783. The first-order chi connectivity index (χ1) is 11.1. The summed E-state index contributed by atoms with van der Waals surface area (Å²) < 4.78 is 2.35. The summed E-state index contributed by atoms with van der Waals surface area (Å²) in [5.41, 5.74) is 0.546. The third-order valence-electron chi connectivity index (χ3n) is 4.33. The maximum atomic E-state index is 12.5. The van der Waals surface area contributed by atoms with Crippen LogP contribution >= 0.6 is 15.9 Å². The van der Waals surface area contributed by atoms with Crippen LogP contribution in [0.3, 0.4) is 0 Å². The number of likely N-dealkylation sites (N-methyl/N-ethyl adjacent to an activating group) is 1. The maximum absolute atomic E-state index is 12.5. The van der Waals surface area contributed by atoms with Crippen LogP contribution in [0.5, 0.6) is 0 Å². The molecule has 1 fully saturated rings. The number of halogens is 1. The predicted molar refractivity (Wildman–Crippen MR) is 92.4 cm³/mol. The molecule has 0 spiro atoms. The summed E-state index contributed by atoms with van der Waals surface area (Å²) in [6, 6.07) is 5.67. The number of carbonyl (C=O) groups excluding carboxylic acids is 1. The van der Waals surface area contributed by atoms with E-state index in [0.717, 1.165) is 24.0 Å². The van der Waals surface area contributed by atoms with Gasteiger partial charge in [0.05, 0.1) is 17.2 Å². The van der Waals surface area contributed by atoms with Crippen molar-refractivity contribution in [3.63, 3.8) is 0 Å². The van der Waals surface area contributed by atoms with E-state index in [2.05, 4.69) is 26.2 Å². The number of hydrogen-bond acceptors (Lipinski definition) is 4. The molecule has 1 unspecified atom stereocenters. The minimum absolute atomic E-state index is 0.0555. The van der Waals surface area contributed by atoms with E-state index in [0.29, 0.717) is 23.9 Å². The van der Waals surface area contributed by atoms with E-state index in [9.17, 15) is 9.59 Å². The fourth-order valence-corrected chi connectivity index (χ4v) is 3.22. The van der Waals surface area contributed by atoms with Crippen LogP contribution < -0.4 is 10.9 Å². The van der Waals surface area contributed by atoms with Gasteiger partial charge in [0.2, 0.25) is 5.91 Å². The van der Waals surface area contributed by atoms with E-state index < -0.39 is 0 Å². The first-order valence-electron chi connectivity index (χ1n) is 7.67. The molecule has 0 aliphatic carbocycles. The second-order valence-electron chi connectivity index (χ2n) is 5.81. The van der Waals surface area contributed by atoms with Crippen LogP contribution in [0.1, 0.15) is 12.8 Å². The number of nitrogens with one attached hydrogen (secondary N) is 1. The lowest BCUT2D eigenvalue weighted by Gasteiger charge is -2.23. The van der Waals surface area contributed by atoms with Crippen LogP contribution in [0.25, 0.3) is 10.9 Å². The summed E-state index contributed by atoms with van der Waals surface area (Å²) in [5, 5.41) is 3.81. The first kappa shape index (κ1) is 16.1. The molecule has 1 N–H and O–H groups in total. The van der Waals surface area contributed by atoms with Gasteiger partial charge in [-0.25, -0.2) is 4.98 Å². The Kier molecular flexibility index (Phi) is 4.77. The second kappa shape index (κ2) is 6.80. The number of nitrogens with zero attached hydrogens (tertiary/aromatic N) is 3. The van der Waals surface area contributed by atoms with Crippen molar-refractivity contribution in [2.24, 2.45) is 0 Å². The van der Waals surface area contributed by atoms with Gasteiger partial charge in [-0.05, 0) is 31.2 Å². The molecule has 23 heavy (non-hydrogen) atoms. The van der Waals surface area contributed by atoms with Crippen LogP contribution in [0, 0.1) is 0 Å². The molecule has 1 aliphatic rings. The lowest BCUT2D eigenvalue weighted by molar-refractivity contribution is -0.131. The fourth-order valence-electron chi connectivity index (χ4n) is 2.86. The lowest BCUT2D eigenvalue weighted by atomic mass is 10.2. The zero-order valence-corrected chi connectivity index (χ0v) is 14.5. The first-order valence-corrected chi connectivity index (χ1v) is 8.46. The molecule has 7 heteroatoms. The number of carbonyl (C=O) groups is 1. The van der Waals surface area contributed by atoms with E-state index in [-0.39, 0.29) is 17.5 Å². The molecule has 1 atom stereocenters. The largest absolute Gasteiger partial charge is 0.341 e. The zero-order valence-electron chi connectivity index (χ0n) is 13.0. The molecular weight excluding hydrogens is 360 g/mol. The number of hydrogen-bond donors (Lipinski definition) is 1. The molecule has 0 bridgehead atoms. The number of aromatic nitrogens is 2. The number of benzene rings is 1. The summed E-state index contributed by atoms with van der Waals surface area (Å²) in [4.78, 5) is 30.9. The second-order valence-corrected chi connectivity index (χ2v) is 6.72. The van der Waals surface area contributed by atoms with E-state index >= 15 is 0 Å². The SMILES string of the molecule is CN(C(=O)CCn1cnc2ccc(Br)cc2c1=O)C1CCNC1. The molecule has 1 aliphatic heterocycles. The van der Waals surface area contributed by atoms with Crippen LogP contribution in [0.4, 0.5) is 0 Å². The van der Waals surface area contributed by atoms with Crippen molar-refractivity contribution in [1.82, 2.24) is 19.8 Å². The Morgan fingerprint density at radius 2 is 2.35 bits per heavy atom. The average molecular weight is 379 g/mol. The molecule has 2 aromatic rings. The molecular formula is C16H19BrN4O2. The van der Waals surface area contributed by atoms with Crippen molar-refractivity contribution in [3.8, 4) is 0 Å². The molecule has 0 saturated carbocycles. The fraction of sp³-hybridized carbons (Fsp3) is 0.438. The Morgan fingerprint density at radius 3 is 3.09 bits per heavy atom. The normalized spacial score (nSPS) is 17.6. The number of amides is 1. The Balaban J connectivity index is 1.73. The van der Waals surface area contributed by atoms with E-state index in [1.54, 1.807) is 17.0 Å². The van der Waals surface area contributed by atoms with E-state index in [1.165, 1.54) is 10.9 Å². The van der Waals surface area contributed by atoms with Crippen molar-refractivity contribution in [1.29, 1.82) is 0 Å². The number of aryl methyl sites for hydroxylation is 1. The molecule has 1 aromatic carbocycles. The minimum atomic E-state index is -0.116. The predicted octanol–water partition coefficient (Wildman–Crippen LogP) is 1.37. The van der Waals surface area contributed by atoms with Crippen molar-refractivity contribution in [3.05, 3.63) is 39.4 Å².